The van der Waals surface area contributed by atoms with E-state index in [9.17, 15) is 8.78 Å². The Kier molecular flexibility index (Phi) is 5.15. The van der Waals surface area contributed by atoms with Crippen molar-refractivity contribution < 1.29 is 8.78 Å². The second-order valence-corrected chi connectivity index (χ2v) is 5.06. The van der Waals surface area contributed by atoms with Crippen LogP contribution in [0.2, 0.25) is 5.02 Å². The van der Waals surface area contributed by atoms with Gasteiger partial charge in [-0.15, -0.1) is 0 Å². The van der Waals surface area contributed by atoms with Crippen molar-refractivity contribution in [1.82, 2.24) is 0 Å². The van der Waals surface area contributed by atoms with Gasteiger partial charge in [-0.1, -0.05) is 23.7 Å². The number of anilines is 1. The summed E-state index contributed by atoms with van der Waals surface area (Å²) >= 11 is 5.85. The van der Waals surface area contributed by atoms with E-state index in [0.29, 0.717) is 12.1 Å². The maximum atomic E-state index is 14.2. The molecule has 21 heavy (non-hydrogen) atoms. The van der Waals surface area contributed by atoms with Crippen LogP contribution in [0, 0.1) is 11.6 Å². The van der Waals surface area contributed by atoms with E-state index in [1.54, 1.807) is 24.3 Å². The fourth-order valence-electron chi connectivity index (χ4n) is 2.42. The monoisotopic (exact) mass is 310 g/mol. The Morgan fingerprint density at radius 3 is 2.38 bits per heavy atom. The average Bonchev–Trinajstić information content (AvgIpc) is 2.49. The lowest BCUT2D eigenvalue weighted by atomic mass is 10.0. The summed E-state index contributed by atoms with van der Waals surface area (Å²) < 4.78 is 27.3. The number of halogens is 3. The Balaban J connectivity index is 2.42. The van der Waals surface area contributed by atoms with E-state index in [1.165, 1.54) is 18.2 Å². The molecular weight excluding hydrogens is 294 g/mol. The zero-order valence-electron chi connectivity index (χ0n) is 11.7. The highest BCUT2D eigenvalue weighted by atomic mass is 35.5. The molecule has 1 atom stereocenters. The van der Waals surface area contributed by atoms with Crippen LogP contribution in [0.15, 0.2) is 42.5 Å². The summed E-state index contributed by atoms with van der Waals surface area (Å²) in [4.78, 5) is 1.92. The lowest BCUT2D eigenvalue weighted by molar-refractivity contribution is 0.562. The van der Waals surface area contributed by atoms with Gasteiger partial charge in [0.25, 0.3) is 0 Å². The highest BCUT2D eigenvalue weighted by Gasteiger charge is 2.22. The van der Waals surface area contributed by atoms with Crippen LogP contribution in [0.4, 0.5) is 14.5 Å². The first-order valence-electron chi connectivity index (χ1n) is 6.74. The second-order valence-electron chi connectivity index (χ2n) is 4.66. The molecule has 1 unspecified atom stereocenters. The molecule has 0 aliphatic carbocycles. The van der Waals surface area contributed by atoms with Gasteiger partial charge >= 0.3 is 0 Å². The molecule has 2 nitrogen and oxygen atoms in total. The number of benzene rings is 2. The predicted octanol–water partition coefficient (Wildman–Crippen LogP) is 4.14. The molecule has 0 spiro atoms. The number of rotatable bonds is 5. The van der Waals surface area contributed by atoms with Gasteiger partial charge in [-0.05, 0) is 37.3 Å². The van der Waals surface area contributed by atoms with Gasteiger partial charge in [0, 0.05) is 24.3 Å². The highest BCUT2D eigenvalue weighted by molar-refractivity contribution is 6.30. The van der Waals surface area contributed by atoms with Gasteiger partial charge in [-0.25, -0.2) is 8.78 Å². The molecule has 2 N–H and O–H groups in total. The van der Waals surface area contributed by atoms with Crippen LogP contribution in [0.25, 0.3) is 0 Å². The van der Waals surface area contributed by atoms with Crippen LogP contribution in [0.1, 0.15) is 18.5 Å². The zero-order valence-corrected chi connectivity index (χ0v) is 12.4. The van der Waals surface area contributed by atoms with Crippen LogP contribution in [-0.2, 0) is 0 Å². The maximum Gasteiger partial charge on any atom is 0.147 e. The fraction of sp³-hybridized carbons (Fsp3) is 0.250. The molecule has 2 rings (SSSR count). The van der Waals surface area contributed by atoms with Crippen LogP contribution < -0.4 is 10.6 Å². The van der Waals surface area contributed by atoms with E-state index >= 15 is 0 Å². The van der Waals surface area contributed by atoms with E-state index in [-0.39, 0.29) is 23.4 Å². The first-order chi connectivity index (χ1) is 10.1. The molecule has 0 saturated heterocycles. The van der Waals surface area contributed by atoms with Gasteiger partial charge in [-0.3, -0.25) is 0 Å². The molecule has 0 aliphatic rings. The minimum Gasteiger partial charge on any atom is -0.363 e. The molecule has 0 saturated carbocycles. The van der Waals surface area contributed by atoms with Gasteiger partial charge in [0.1, 0.15) is 11.6 Å². The summed E-state index contributed by atoms with van der Waals surface area (Å²) in [6, 6.07) is 10.6. The Bertz CT molecular complexity index is 602. The Morgan fingerprint density at radius 1 is 1.14 bits per heavy atom. The van der Waals surface area contributed by atoms with Crippen LogP contribution >= 0.6 is 11.6 Å². The Labute approximate surface area is 128 Å². The summed E-state index contributed by atoms with van der Waals surface area (Å²) in [5.41, 5.74) is 7.07. The summed E-state index contributed by atoms with van der Waals surface area (Å²) in [7, 11) is 0. The first-order valence-corrected chi connectivity index (χ1v) is 7.12. The largest absolute Gasteiger partial charge is 0.363 e. The van der Waals surface area contributed by atoms with E-state index in [1.807, 2.05) is 11.8 Å². The Morgan fingerprint density at radius 2 is 1.81 bits per heavy atom. The number of nitrogens with two attached hydrogens (primary N) is 1. The van der Waals surface area contributed by atoms with Crippen molar-refractivity contribution in [1.29, 1.82) is 0 Å². The van der Waals surface area contributed by atoms with Crippen molar-refractivity contribution >= 4 is 17.3 Å². The molecule has 0 amide bonds. The van der Waals surface area contributed by atoms with Gasteiger partial charge in [0.05, 0.1) is 11.1 Å². The smallest absolute Gasteiger partial charge is 0.147 e. The summed E-state index contributed by atoms with van der Waals surface area (Å²) in [5, 5.41) is 0.0705. The van der Waals surface area contributed by atoms with E-state index in [4.69, 9.17) is 17.3 Å². The van der Waals surface area contributed by atoms with E-state index in [2.05, 4.69) is 0 Å². The minimum absolute atomic E-state index is 0.0705. The average molecular weight is 311 g/mol. The summed E-state index contributed by atoms with van der Waals surface area (Å²) in [5.74, 6) is -0.775. The predicted molar refractivity (Wildman–Crippen MR) is 82.6 cm³/mol. The third kappa shape index (κ3) is 3.34. The highest BCUT2D eigenvalue weighted by Crippen LogP contribution is 2.30. The van der Waals surface area contributed by atoms with Crippen LogP contribution in [-0.4, -0.2) is 13.1 Å². The maximum absolute atomic E-state index is 14.2. The van der Waals surface area contributed by atoms with Crippen molar-refractivity contribution in [2.24, 2.45) is 5.73 Å². The molecule has 112 valence electrons. The molecule has 2 aromatic carbocycles. The number of nitrogens with zero attached hydrogens (tertiary/aromatic N) is 1. The topological polar surface area (TPSA) is 29.3 Å². The minimum atomic E-state index is -0.463. The third-order valence-corrected chi connectivity index (χ3v) is 3.73. The molecule has 2 aromatic rings. The number of likely N-dealkylation sites (N-methyl/N-ethyl adjacent to an activating group) is 1. The number of hydrogen-bond donors (Lipinski definition) is 1. The standard InChI is InChI=1S/C16H17ClF2N2/c1-2-21(12-8-6-11(18)7-9-12)15(10-20)13-4-3-5-14(17)16(13)19/h3-9,15H,2,10,20H2,1H3. The molecule has 0 fully saturated rings. The van der Waals surface area contributed by atoms with Crippen molar-refractivity contribution in [2.75, 3.05) is 18.0 Å². The molecule has 5 heteroatoms. The Hall–Kier alpha value is -1.65. The number of hydrogen-bond acceptors (Lipinski definition) is 2. The summed E-state index contributed by atoms with van der Waals surface area (Å²) in [6.45, 7) is 2.77. The van der Waals surface area contributed by atoms with Gasteiger partial charge in [0.2, 0.25) is 0 Å². The second kappa shape index (κ2) is 6.87. The van der Waals surface area contributed by atoms with Gasteiger partial charge in [0.15, 0.2) is 0 Å². The van der Waals surface area contributed by atoms with Crippen molar-refractivity contribution in [3.05, 3.63) is 64.7 Å². The zero-order chi connectivity index (χ0) is 15.4. The van der Waals surface area contributed by atoms with Gasteiger partial charge < -0.3 is 10.6 Å². The molecular formula is C16H17ClF2N2. The molecule has 0 aromatic heterocycles. The SMILES string of the molecule is CCN(c1ccc(F)cc1)C(CN)c1cccc(Cl)c1F. The van der Waals surface area contributed by atoms with E-state index < -0.39 is 5.82 Å². The van der Waals surface area contributed by atoms with Crippen molar-refractivity contribution in [2.45, 2.75) is 13.0 Å². The van der Waals surface area contributed by atoms with Crippen molar-refractivity contribution in [3.8, 4) is 0 Å². The third-order valence-electron chi connectivity index (χ3n) is 3.44. The van der Waals surface area contributed by atoms with E-state index in [0.717, 1.165) is 5.69 Å². The van der Waals surface area contributed by atoms with Crippen LogP contribution in [0.5, 0.6) is 0 Å². The summed E-state index contributed by atoms with van der Waals surface area (Å²) in [6.07, 6.45) is 0. The normalized spacial score (nSPS) is 12.2. The van der Waals surface area contributed by atoms with Crippen LogP contribution in [0.3, 0.4) is 0 Å². The fourth-order valence-corrected chi connectivity index (χ4v) is 2.60. The molecule has 0 aliphatic heterocycles. The van der Waals surface area contributed by atoms with Crippen molar-refractivity contribution in [3.63, 3.8) is 0 Å². The molecule has 0 heterocycles. The lowest BCUT2D eigenvalue weighted by Crippen LogP contribution is -2.34. The molecule has 0 bridgehead atoms. The lowest BCUT2D eigenvalue weighted by Gasteiger charge is -2.32. The van der Waals surface area contributed by atoms with Gasteiger partial charge in [-0.2, -0.15) is 0 Å². The molecule has 0 radical (unpaired) electrons. The first kappa shape index (κ1) is 15.7. The quantitative estimate of drug-likeness (QED) is 0.899.